The summed E-state index contributed by atoms with van der Waals surface area (Å²) in [5.41, 5.74) is 12.1. The summed E-state index contributed by atoms with van der Waals surface area (Å²) >= 11 is 0. The van der Waals surface area contributed by atoms with E-state index in [0.29, 0.717) is 11.8 Å². The molecule has 1 heteroatoms. The van der Waals surface area contributed by atoms with Gasteiger partial charge in [0.2, 0.25) is 0 Å². The summed E-state index contributed by atoms with van der Waals surface area (Å²) in [6.45, 7) is 0. The molecule has 0 N–H and O–H groups in total. The molecule has 0 aromatic heterocycles. The van der Waals surface area contributed by atoms with E-state index in [1.54, 1.807) is 22.3 Å². The van der Waals surface area contributed by atoms with Crippen LogP contribution in [0, 0.1) is 11.8 Å². The minimum Gasteiger partial charge on any atom is -0.262 e. The number of allylic oxidation sites excluding steroid dienone is 8. The van der Waals surface area contributed by atoms with E-state index in [9.17, 15) is 0 Å². The van der Waals surface area contributed by atoms with Gasteiger partial charge in [-0.15, -0.1) is 0 Å². The van der Waals surface area contributed by atoms with Crippen molar-refractivity contribution < 1.29 is 0 Å². The van der Waals surface area contributed by atoms with Gasteiger partial charge in [0.05, 0.1) is 0 Å². The van der Waals surface area contributed by atoms with Gasteiger partial charge >= 0.3 is 0 Å². The van der Waals surface area contributed by atoms with Crippen molar-refractivity contribution >= 4 is 5.71 Å². The van der Waals surface area contributed by atoms with E-state index < -0.39 is 0 Å². The Morgan fingerprint density at radius 1 is 0.788 bits per heavy atom. The molecule has 1 heterocycles. The first-order valence-corrected chi connectivity index (χ1v) is 12.8. The molecule has 0 saturated heterocycles. The summed E-state index contributed by atoms with van der Waals surface area (Å²) in [5, 5.41) is 0. The maximum absolute atomic E-state index is 5.42. The fraction of sp³-hybridized carbons (Fsp3) is 0.344. The fourth-order valence-corrected chi connectivity index (χ4v) is 6.25. The highest BCUT2D eigenvalue weighted by molar-refractivity contribution is 5.90. The zero-order valence-corrected chi connectivity index (χ0v) is 19.5. The van der Waals surface area contributed by atoms with Crippen molar-refractivity contribution in [1.82, 2.24) is 0 Å². The first kappa shape index (κ1) is 20.7. The summed E-state index contributed by atoms with van der Waals surface area (Å²) in [6, 6.07) is 22.0. The number of aliphatic imine (C=N–C) groups is 1. The Balaban J connectivity index is 1.33. The number of hydrogen-bond donors (Lipinski definition) is 0. The molecule has 0 spiro atoms. The monoisotopic (exact) mass is 431 g/mol. The third-order valence-corrected chi connectivity index (χ3v) is 8.01. The highest BCUT2D eigenvalue weighted by atomic mass is 14.8. The molecule has 3 aliphatic carbocycles. The van der Waals surface area contributed by atoms with Crippen LogP contribution >= 0.6 is 0 Å². The van der Waals surface area contributed by atoms with Crippen molar-refractivity contribution in [3.63, 3.8) is 0 Å². The minimum atomic E-state index is 0.510. The zero-order valence-electron chi connectivity index (χ0n) is 19.5. The SMILES string of the molecule is C1=CC2=C(C=C3C4=C(CCC3C2)N=C(CCc2ccccc2)C(Cc2ccccc2)C4)CC1. The number of fused-ring (bicyclic) bond motifs is 2. The van der Waals surface area contributed by atoms with Crippen LogP contribution in [-0.2, 0) is 12.8 Å². The molecule has 166 valence electrons. The van der Waals surface area contributed by atoms with Crippen LogP contribution in [0.4, 0.5) is 0 Å². The smallest absolute Gasteiger partial charge is 0.0438 e. The molecule has 33 heavy (non-hydrogen) atoms. The van der Waals surface area contributed by atoms with Crippen LogP contribution in [0.15, 0.2) is 112 Å². The maximum Gasteiger partial charge on any atom is 0.0438 e. The third-order valence-electron chi connectivity index (χ3n) is 8.01. The number of rotatable bonds is 5. The number of nitrogens with zero attached hydrogens (tertiary/aromatic N) is 1. The molecule has 6 rings (SSSR count). The molecule has 1 nitrogen and oxygen atoms in total. The molecular formula is C32H33N. The predicted molar refractivity (Wildman–Crippen MR) is 138 cm³/mol. The van der Waals surface area contributed by atoms with Crippen LogP contribution in [0.2, 0.25) is 0 Å². The molecule has 0 saturated carbocycles. The van der Waals surface area contributed by atoms with E-state index in [0.717, 1.165) is 25.7 Å². The van der Waals surface area contributed by atoms with Crippen LogP contribution in [-0.4, -0.2) is 5.71 Å². The Kier molecular flexibility index (Phi) is 5.72. The van der Waals surface area contributed by atoms with Gasteiger partial charge in [0.1, 0.15) is 0 Å². The number of hydrogen-bond acceptors (Lipinski definition) is 1. The van der Waals surface area contributed by atoms with E-state index in [4.69, 9.17) is 4.99 Å². The lowest BCUT2D eigenvalue weighted by atomic mass is 9.69. The van der Waals surface area contributed by atoms with Gasteiger partial charge in [-0.3, -0.25) is 4.99 Å². The molecule has 0 radical (unpaired) electrons. The van der Waals surface area contributed by atoms with Crippen molar-refractivity contribution in [2.75, 3.05) is 0 Å². The summed E-state index contributed by atoms with van der Waals surface area (Å²) in [4.78, 5) is 5.42. The average molecular weight is 432 g/mol. The standard InChI is InChI=1S/C32H33N/c1-3-9-23(10-4-1)15-17-31-28(19-24-11-5-2-6-12-24)22-30-29-21-26-14-8-7-13-25(26)20-27(29)16-18-32(30)33-31/h1-7,9-13,21,27-28H,8,14-20,22H2. The fourth-order valence-electron chi connectivity index (χ4n) is 6.25. The summed E-state index contributed by atoms with van der Waals surface area (Å²) < 4.78 is 0. The van der Waals surface area contributed by atoms with Crippen molar-refractivity contribution in [2.45, 2.75) is 57.8 Å². The highest BCUT2D eigenvalue weighted by Gasteiger charge is 2.35. The van der Waals surface area contributed by atoms with Crippen molar-refractivity contribution in [1.29, 1.82) is 0 Å². The lowest BCUT2D eigenvalue weighted by Gasteiger charge is -2.38. The molecule has 4 aliphatic rings. The van der Waals surface area contributed by atoms with Crippen LogP contribution in [0.5, 0.6) is 0 Å². The van der Waals surface area contributed by atoms with Gasteiger partial charge in [-0.05, 0) is 97.1 Å². The van der Waals surface area contributed by atoms with Crippen molar-refractivity contribution in [2.24, 2.45) is 16.8 Å². The topological polar surface area (TPSA) is 12.4 Å². The Morgan fingerprint density at radius 2 is 1.58 bits per heavy atom. The Hall–Kier alpha value is -2.93. The van der Waals surface area contributed by atoms with Gasteiger partial charge in [0.15, 0.2) is 0 Å². The van der Waals surface area contributed by atoms with Crippen LogP contribution < -0.4 is 0 Å². The largest absolute Gasteiger partial charge is 0.262 e. The molecule has 1 aliphatic heterocycles. The normalized spacial score (nSPS) is 24.0. The molecule has 2 aromatic rings. The second-order valence-electron chi connectivity index (χ2n) is 10.1. The van der Waals surface area contributed by atoms with Gasteiger partial charge < -0.3 is 0 Å². The second kappa shape index (κ2) is 9.14. The lowest BCUT2D eigenvalue weighted by molar-refractivity contribution is 0.501. The summed E-state index contributed by atoms with van der Waals surface area (Å²) in [7, 11) is 0. The number of benzene rings is 2. The third kappa shape index (κ3) is 4.34. The van der Waals surface area contributed by atoms with E-state index in [1.165, 1.54) is 54.6 Å². The van der Waals surface area contributed by atoms with Gasteiger partial charge in [-0.25, -0.2) is 0 Å². The van der Waals surface area contributed by atoms with Crippen molar-refractivity contribution in [3.05, 3.63) is 118 Å². The molecular weight excluding hydrogens is 398 g/mol. The second-order valence-corrected chi connectivity index (χ2v) is 10.1. The van der Waals surface area contributed by atoms with Crippen LogP contribution in [0.3, 0.4) is 0 Å². The van der Waals surface area contributed by atoms with E-state index in [2.05, 4.69) is 78.9 Å². The van der Waals surface area contributed by atoms with Gasteiger partial charge in [0.25, 0.3) is 0 Å². The Labute approximate surface area is 198 Å². The molecule has 2 atom stereocenters. The lowest BCUT2D eigenvalue weighted by Crippen LogP contribution is -2.28. The van der Waals surface area contributed by atoms with Gasteiger partial charge in [-0.2, -0.15) is 0 Å². The Morgan fingerprint density at radius 3 is 2.39 bits per heavy atom. The quantitative estimate of drug-likeness (QED) is 0.455. The van der Waals surface area contributed by atoms with Gasteiger partial charge in [0, 0.05) is 17.3 Å². The first-order valence-electron chi connectivity index (χ1n) is 12.8. The summed E-state index contributed by atoms with van der Waals surface area (Å²) in [6.07, 6.45) is 17.8. The number of aryl methyl sites for hydroxylation is 1. The van der Waals surface area contributed by atoms with E-state index in [-0.39, 0.29) is 0 Å². The van der Waals surface area contributed by atoms with Crippen LogP contribution in [0.1, 0.15) is 56.1 Å². The molecule has 2 aromatic carbocycles. The highest BCUT2D eigenvalue weighted by Crippen LogP contribution is 2.48. The maximum atomic E-state index is 5.42. The van der Waals surface area contributed by atoms with E-state index in [1.807, 2.05) is 0 Å². The van der Waals surface area contributed by atoms with E-state index >= 15 is 0 Å². The zero-order chi connectivity index (χ0) is 22.0. The predicted octanol–water partition coefficient (Wildman–Crippen LogP) is 7.96. The minimum absolute atomic E-state index is 0.510. The van der Waals surface area contributed by atoms with Crippen LogP contribution in [0.25, 0.3) is 0 Å². The molecule has 2 unspecified atom stereocenters. The Bertz CT molecular complexity index is 1170. The molecule has 0 amide bonds. The first-order chi connectivity index (χ1) is 16.3. The summed E-state index contributed by atoms with van der Waals surface area (Å²) in [5.74, 6) is 1.21. The van der Waals surface area contributed by atoms with Gasteiger partial charge in [-0.1, -0.05) is 78.9 Å². The molecule has 0 bridgehead atoms. The molecule has 0 fully saturated rings. The van der Waals surface area contributed by atoms with Crippen molar-refractivity contribution in [3.8, 4) is 0 Å². The average Bonchev–Trinajstić information content (AvgIpc) is 2.87.